The van der Waals surface area contributed by atoms with E-state index in [4.69, 9.17) is 5.26 Å². The number of hydrogen-bond acceptors (Lipinski definition) is 5. The summed E-state index contributed by atoms with van der Waals surface area (Å²) in [6, 6.07) is 16.1. The highest BCUT2D eigenvalue weighted by Gasteiger charge is 2.05. The van der Waals surface area contributed by atoms with Crippen molar-refractivity contribution in [3.8, 4) is 22.4 Å². The summed E-state index contributed by atoms with van der Waals surface area (Å²) in [5.41, 5.74) is 2.23. The summed E-state index contributed by atoms with van der Waals surface area (Å²) >= 11 is 1.45. The first-order chi connectivity index (χ1) is 10.7. The molecule has 0 unspecified atom stereocenters. The summed E-state index contributed by atoms with van der Waals surface area (Å²) in [5.74, 6) is 0.181. The molecule has 0 spiro atoms. The van der Waals surface area contributed by atoms with Crippen LogP contribution in [0.1, 0.15) is 5.56 Å². The van der Waals surface area contributed by atoms with Gasteiger partial charge in [0.05, 0.1) is 17.3 Å². The molecule has 108 valence electrons. The zero-order valence-corrected chi connectivity index (χ0v) is 12.6. The van der Waals surface area contributed by atoms with Gasteiger partial charge in [-0.2, -0.15) is 10.4 Å². The van der Waals surface area contributed by atoms with E-state index in [0.29, 0.717) is 11.3 Å². The zero-order valence-electron chi connectivity index (χ0n) is 11.8. The molecule has 3 rings (SSSR count). The van der Waals surface area contributed by atoms with Crippen LogP contribution in [0.4, 0.5) is 5.69 Å². The van der Waals surface area contributed by atoms with E-state index in [1.165, 1.54) is 11.3 Å². The van der Waals surface area contributed by atoms with Crippen LogP contribution in [0.25, 0.3) is 10.6 Å². The third kappa shape index (κ3) is 2.90. The molecular weight excluding hydrogens is 296 g/mol. The minimum atomic E-state index is 0.181. The van der Waals surface area contributed by atoms with Gasteiger partial charge in [-0.3, -0.25) is 0 Å². The molecule has 0 bridgehead atoms. The molecule has 22 heavy (non-hydrogen) atoms. The van der Waals surface area contributed by atoms with Crippen molar-refractivity contribution in [1.29, 1.82) is 5.26 Å². The molecule has 0 saturated heterocycles. The van der Waals surface area contributed by atoms with Crippen LogP contribution in [0.5, 0.6) is 5.75 Å². The van der Waals surface area contributed by atoms with E-state index in [9.17, 15) is 5.11 Å². The van der Waals surface area contributed by atoms with E-state index in [0.717, 1.165) is 15.4 Å². The predicted molar refractivity (Wildman–Crippen MR) is 84.6 cm³/mol. The number of aromatic nitrogens is 2. The summed E-state index contributed by atoms with van der Waals surface area (Å²) in [5, 5.41) is 23.6. The fraction of sp³-hybridized carbons (Fsp3) is 0.0625. The second-order valence-corrected chi connectivity index (χ2v) is 5.59. The highest BCUT2D eigenvalue weighted by Crippen LogP contribution is 2.21. The number of nitrogens with zero attached hydrogens (tertiary/aromatic N) is 4. The van der Waals surface area contributed by atoms with Crippen LogP contribution >= 0.6 is 11.3 Å². The topological polar surface area (TPSA) is 74.2 Å². The second kappa shape index (κ2) is 5.84. The molecule has 0 fully saturated rings. The predicted octanol–water partition coefficient (Wildman–Crippen LogP) is 2.96. The normalized spacial score (nSPS) is 11.4. The molecule has 6 heteroatoms. The van der Waals surface area contributed by atoms with Gasteiger partial charge in [-0.05, 0) is 24.3 Å². The van der Waals surface area contributed by atoms with Crippen molar-refractivity contribution in [3.05, 3.63) is 58.9 Å². The number of aromatic hydroxyl groups is 1. The Balaban J connectivity index is 2.02. The van der Waals surface area contributed by atoms with Gasteiger partial charge in [0.25, 0.3) is 0 Å². The Bertz CT molecular complexity index is 916. The van der Waals surface area contributed by atoms with Crippen LogP contribution < -0.4 is 4.80 Å². The van der Waals surface area contributed by atoms with Crippen LogP contribution in [0.15, 0.2) is 53.5 Å². The molecule has 1 heterocycles. The van der Waals surface area contributed by atoms with Gasteiger partial charge in [-0.25, -0.2) is 9.67 Å². The Morgan fingerprint density at radius 2 is 2.00 bits per heavy atom. The molecule has 0 atom stereocenters. The molecule has 0 radical (unpaired) electrons. The molecule has 0 amide bonds. The lowest BCUT2D eigenvalue weighted by Gasteiger charge is -1.94. The fourth-order valence-electron chi connectivity index (χ4n) is 1.92. The average molecular weight is 308 g/mol. The fourth-order valence-corrected chi connectivity index (χ4v) is 2.84. The summed E-state index contributed by atoms with van der Waals surface area (Å²) in [6.07, 6.45) is 0. The van der Waals surface area contributed by atoms with Crippen molar-refractivity contribution in [1.82, 2.24) is 9.78 Å². The van der Waals surface area contributed by atoms with Crippen molar-refractivity contribution in [2.45, 2.75) is 0 Å². The largest absolute Gasteiger partial charge is 0.508 e. The summed E-state index contributed by atoms with van der Waals surface area (Å²) in [7, 11) is 1.82. The molecule has 0 aliphatic rings. The number of rotatable bonds is 2. The summed E-state index contributed by atoms with van der Waals surface area (Å²) in [4.78, 5) is 5.21. The van der Waals surface area contributed by atoms with Crippen LogP contribution in [0.2, 0.25) is 0 Å². The first-order valence-corrected chi connectivity index (χ1v) is 7.36. The zero-order chi connectivity index (χ0) is 15.5. The quantitative estimate of drug-likeness (QED) is 0.791. The molecule has 1 N–H and O–H groups in total. The number of nitriles is 1. The minimum Gasteiger partial charge on any atom is -0.508 e. The lowest BCUT2D eigenvalue weighted by Crippen LogP contribution is -2.10. The Labute approximate surface area is 131 Å². The molecule has 3 aromatic rings. The first kappa shape index (κ1) is 14.0. The molecule has 1 aromatic heterocycles. The maximum Gasteiger partial charge on any atom is 0.208 e. The molecule has 2 aromatic carbocycles. The number of phenols is 1. The Hall–Kier alpha value is -2.91. The minimum absolute atomic E-state index is 0.181. The van der Waals surface area contributed by atoms with Gasteiger partial charge in [-0.15, -0.1) is 0 Å². The van der Waals surface area contributed by atoms with Crippen molar-refractivity contribution in [3.63, 3.8) is 0 Å². The smallest absolute Gasteiger partial charge is 0.208 e. The number of aryl methyl sites for hydroxylation is 1. The molecule has 0 aliphatic heterocycles. The van der Waals surface area contributed by atoms with Crippen LogP contribution in [-0.4, -0.2) is 14.9 Å². The standard InChI is InChI=1S/C16H12N4OS/c1-20-16(18-13-3-2-4-14(21)9-13)22-15(19-20)12-7-5-11(10-17)6-8-12/h2-9,21H,1H3. The highest BCUT2D eigenvalue weighted by molar-refractivity contribution is 7.12. The van der Waals surface area contributed by atoms with Crippen LogP contribution in [-0.2, 0) is 7.05 Å². The SMILES string of the molecule is Cn1nc(-c2ccc(C#N)cc2)sc1=Nc1cccc(O)c1. The van der Waals surface area contributed by atoms with E-state index in [1.54, 1.807) is 35.0 Å². The van der Waals surface area contributed by atoms with E-state index in [2.05, 4.69) is 16.2 Å². The van der Waals surface area contributed by atoms with E-state index >= 15 is 0 Å². The van der Waals surface area contributed by atoms with Gasteiger partial charge in [-0.1, -0.05) is 29.5 Å². The Kier molecular flexibility index (Phi) is 3.73. The summed E-state index contributed by atoms with van der Waals surface area (Å²) in [6.45, 7) is 0. The maximum atomic E-state index is 9.49. The summed E-state index contributed by atoms with van der Waals surface area (Å²) < 4.78 is 1.70. The van der Waals surface area contributed by atoms with Crippen LogP contribution in [0, 0.1) is 11.3 Å². The molecule has 5 nitrogen and oxygen atoms in total. The average Bonchev–Trinajstić information content (AvgIpc) is 2.88. The Morgan fingerprint density at radius 3 is 2.68 bits per heavy atom. The van der Waals surface area contributed by atoms with Gasteiger partial charge in [0, 0.05) is 18.7 Å². The molecular formula is C16H12N4OS. The molecule has 0 saturated carbocycles. The number of benzene rings is 2. The maximum absolute atomic E-state index is 9.49. The number of hydrogen-bond donors (Lipinski definition) is 1. The first-order valence-electron chi connectivity index (χ1n) is 6.54. The third-order valence-electron chi connectivity index (χ3n) is 3.02. The van der Waals surface area contributed by atoms with Crippen molar-refractivity contribution >= 4 is 17.0 Å². The molecule has 0 aliphatic carbocycles. The van der Waals surface area contributed by atoms with E-state index in [-0.39, 0.29) is 5.75 Å². The van der Waals surface area contributed by atoms with Gasteiger partial charge in [0.1, 0.15) is 10.8 Å². The Morgan fingerprint density at radius 1 is 1.23 bits per heavy atom. The monoisotopic (exact) mass is 308 g/mol. The van der Waals surface area contributed by atoms with E-state index in [1.807, 2.05) is 25.2 Å². The van der Waals surface area contributed by atoms with Gasteiger partial charge in [0.2, 0.25) is 4.80 Å². The van der Waals surface area contributed by atoms with Crippen molar-refractivity contribution in [2.75, 3.05) is 0 Å². The van der Waals surface area contributed by atoms with Gasteiger partial charge >= 0.3 is 0 Å². The second-order valence-electron chi connectivity index (χ2n) is 4.63. The van der Waals surface area contributed by atoms with Crippen molar-refractivity contribution in [2.24, 2.45) is 12.0 Å². The van der Waals surface area contributed by atoms with Gasteiger partial charge < -0.3 is 5.11 Å². The van der Waals surface area contributed by atoms with Crippen molar-refractivity contribution < 1.29 is 5.11 Å². The van der Waals surface area contributed by atoms with Gasteiger partial charge in [0.15, 0.2) is 0 Å². The van der Waals surface area contributed by atoms with Crippen LogP contribution in [0.3, 0.4) is 0 Å². The lowest BCUT2D eigenvalue weighted by atomic mass is 10.2. The van der Waals surface area contributed by atoms with E-state index < -0.39 is 0 Å². The third-order valence-corrected chi connectivity index (χ3v) is 4.07. The highest BCUT2D eigenvalue weighted by atomic mass is 32.1. The lowest BCUT2D eigenvalue weighted by molar-refractivity contribution is 0.475. The number of phenolic OH excluding ortho intramolecular Hbond substituents is 1.